The quantitative estimate of drug-likeness (QED) is 0.626. The highest BCUT2D eigenvalue weighted by molar-refractivity contribution is 5.47. The van der Waals surface area contributed by atoms with Gasteiger partial charge in [0.05, 0.1) is 7.11 Å². The molecule has 1 saturated heterocycles. The lowest BCUT2D eigenvalue weighted by molar-refractivity contribution is -0.350. The Morgan fingerprint density at radius 2 is 1.48 bits per heavy atom. The van der Waals surface area contributed by atoms with Crippen molar-refractivity contribution >= 4 is 0 Å². The molecule has 1 fully saturated rings. The van der Waals surface area contributed by atoms with Gasteiger partial charge in [0, 0.05) is 22.6 Å². The molecule has 0 aromatic heterocycles. The van der Waals surface area contributed by atoms with Gasteiger partial charge in [0.25, 0.3) is 5.79 Å². The maximum Gasteiger partial charge on any atom is 0.257 e. The van der Waals surface area contributed by atoms with Gasteiger partial charge in [-0.15, -0.1) is 0 Å². The first kappa shape index (κ1) is 16.5. The Bertz CT molecular complexity index is 969. The first-order valence-corrected chi connectivity index (χ1v) is 9.06. The van der Waals surface area contributed by atoms with Crippen LogP contribution in [-0.2, 0) is 26.1 Å². The number of methoxy groups -OCH3 is 1. The van der Waals surface area contributed by atoms with E-state index in [0.29, 0.717) is 0 Å². The van der Waals surface area contributed by atoms with Crippen LogP contribution in [0.15, 0.2) is 78.9 Å². The standard InChI is InChI=1S/C23H20O4/c1-16-20-10-6-7-11-21(20)23(18-12-14-19(24-2)15-13-18)25-22(16,26-27-23)17-8-4-3-5-9-17/h3-16H,1-2H3. The highest BCUT2D eigenvalue weighted by atomic mass is 17.3. The van der Waals surface area contributed by atoms with Gasteiger partial charge in [0.15, 0.2) is 0 Å². The highest BCUT2D eigenvalue weighted by Crippen LogP contribution is 2.60. The summed E-state index contributed by atoms with van der Waals surface area (Å²) in [6.45, 7) is 2.11. The van der Waals surface area contributed by atoms with Crippen molar-refractivity contribution in [3.8, 4) is 5.75 Å². The molecule has 2 aliphatic heterocycles. The molecule has 136 valence electrons. The van der Waals surface area contributed by atoms with E-state index in [9.17, 15) is 0 Å². The molecule has 3 aromatic carbocycles. The molecule has 0 spiro atoms. The Morgan fingerprint density at radius 3 is 2.22 bits per heavy atom. The van der Waals surface area contributed by atoms with Gasteiger partial charge >= 0.3 is 0 Å². The van der Waals surface area contributed by atoms with Crippen LogP contribution in [-0.4, -0.2) is 7.11 Å². The van der Waals surface area contributed by atoms with Crippen molar-refractivity contribution in [2.24, 2.45) is 0 Å². The molecule has 4 heteroatoms. The fourth-order valence-electron chi connectivity index (χ4n) is 4.11. The van der Waals surface area contributed by atoms with E-state index in [1.807, 2.05) is 72.8 Å². The van der Waals surface area contributed by atoms with Crippen molar-refractivity contribution < 1.29 is 19.2 Å². The summed E-state index contributed by atoms with van der Waals surface area (Å²) >= 11 is 0. The summed E-state index contributed by atoms with van der Waals surface area (Å²) < 4.78 is 12.0. The molecule has 2 aliphatic rings. The third-order valence-corrected chi connectivity index (χ3v) is 5.58. The first-order valence-electron chi connectivity index (χ1n) is 9.06. The third kappa shape index (κ3) is 2.21. The average Bonchev–Trinajstić information content (AvgIpc) is 3.13. The molecule has 0 amide bonds. The zero-order valence-electron chi connectivity index (χ0n) is 15.2. The summed E-state index contributed by atoms with van der Waals surface area (Å²) in [5, 5.41) is 0. The first-order chi connectivity index (χ1) is 13.2. The number of hydrogen-bond acceptors (Lipinski definition) is 4. The van der Waals surface area contributed by atoms with E-state index in [1.165, 1.54) is 0 Å². The fraction of sp³-hybridized carbons (Fsp3) is 0.217. The molecule has 5 rings (SSSR count). The monoisotopic (exact) mass is 360 g/mol. The normalized spacial score (nSPS) is 28.6. The van der Waals surface area contributed by atoms with Crippen LogP contribution in [0.25, 0.3) is 0 Å². The predicted molar refractivity (Wildman–Crippen MR) is 100 cm³/mol. The second kappa shape index (κ2) is 5.92. The van der Waals surface area contributed by atoms with E-state index in [0.717, 1.165) is 28.0 Å². The number of rotatable bonds is 3. The molecule has 0 saturated carbocycles. The summed E-state index contributed by atoms with van der Waals surface area (Å²) in [6.07, 6.45) is 0. The van der Waals surface area contributed by atoms with Crippen molar-refractivity contribution in [3.05, 3.63) is 101 Å². The van der Waals surface area contributed by atoms with Gasteiger partial charge < -0.3 is 4.74 Å². The maximum atomic E-state index is 6.67. The molecule has 0 aliphatic carbocycles. The van der Waals surface area contributed by atoms with Crippen molar-refractivity contribution in [1.29, 1.82) is 0 Å². The van der Waals surface area contributed by atoms with Gasteiger partial charge in [-0.1, -0.05) is 61.5 Å². The highest BCUT2D eigenvalue weighted by Gasteiger charge is 2.63. The smallest absolute Gasteiger partial charge is 0.257 e. The molecule has 4 nitrogen and oxygen atoms in total. The molecule has 2 heterocycles. The Morgan fingerprint density at radius 1 is 0.778 bits per heavy atom. The minimum atomic E-state index is -1.12. The minimum Gasteiger partial charge on any atom is -0.497 e. The second-order valence-corrected chi connectivity index (χ2v) is 6.96. The van der Waals surface area contributed by atoms with Gasteiger partial charge in [-0.05, 0) is 29.8 Å². The van der Waals surface area contributed by atoms with Gasteiger partial charge in [0.1, 0.15) is 5.75 Å². The Kier molecular flexibility index (Phi) is 3.62. The lowest BCUT2D eigenvalue weighted by Gasteiger charge is -2.40. The maximum absolute atomic E-state index is 6.67. The second-order valence-electron chi connectivity index (χ2n) is 6.96. The summed E-state index contributed by atoms with van der Waals surface area (Å²) in [7, 11) is 1.65. The fourth-order valence-corrected chi connectivity index (χ4v) is 4.11. The van der Waals surface area contributed by atoms with E-state index in [2.05, 4.69) is 13.0 Å². The molecule has 2 bridgehead atoms. The van der Waals surface area contributed by atoms with Gasteiger partial charge in [-0.3, -0.25) is 4.74 Å². The number of ether oxygens (including phenoxy) is 2. The zero-order chi connectivity index (χ0) is 18.5. The summed E-state index contributed by atoms with van der Waals surface area (Å²) in [6, 6.07) is 25.9. The van der Waals surface area contributed by atoms with Crippen LogP contribution in [0.3, 0.4) is 0 Å². The summed E-state index contributed by atoms with van der Waals surface area (Å²) in [5.41, 5.74) is 3.91. The van der Waals surface area contributed by atoms with Gasteiger partial charge in [0.2, 0.25) is 5.79 Å². The molecular weight excluding hydrogens is 340 g/mol. The summed E-state index contributed by atoms with van der Waals surface area (Å²) in [4.78, 5) is 12.0. The molecule has 3 atom stereocenters. The molecule has 0 N–H and O–H groups in total. The van der Waals surface area contributed by atoms with Crippen molar-refractivity contribution in [1.82, 2.24) is 0 Å². The predicted octanol–water partition coefficient (Wildman–Crippen LogP) is 4.84. The van der Waals surface area contributed by atoms with E-state index in [1.54, 1.807) is 7.11 Å². The van der Waals surface area contributed by atoms with Crippen LogP contribution >= 0.6 is 0 Å². The Balaban J connectivity index is 1.73. The van der Waals surface area contributed by atoms with Gasteiger partial charge in [-0.2, -0.15) is 9.78 Å². The number of benzene rings is 3. The van der Waals surface area contributed by atoms with Crippen LogP contribution in [0.5, 0.6) is 5.75 Å². The van der Waals surface area contributed by atoms with E-state index in [4.69, 9.17) is 19.2 Å². The van der Waals surface area contributed by atoms with Crippen molar-refractivity contribution in [2.45, 2.75) is 24.4 Å². The number of fused-ring (bicyclic) bond motifs is 4. The van der Waals surface area contributed by atoms with E-state index >= 15 is 0 Å². The van der Waals surface area contributed by atoms with Crippen molar-refractivity contribution in [2.75, 3.05) is 7.11 Å². The SMILES string of the molecule is COc1ccc(C23OOC(c4ccccc4)(O2)C(C)c2ccccc23)cc1. The van der Waals surface area contributed by atoms with Gasteiger partial charge in [-0.25, -0.2) is 0 Å². The Hall–Kier alpha value is -2.66. The average molecular weight is 360 g/mol. The largest absolute Gasteiger partial charge is 0.497 e. The Labute approximate surface area is 158 Å². The topological polar surface area (TPSA) is 36.9 Å². The molecule has 3 unspecified atom stereocenters. The van der Waals surface area contributed by atoms with Crippen LogP contribution in [0.1, 0.15) is 35.1 Å². The third-order valence-electron chi connectivity index (χ3n) is 5.58. The number of hydrogen-bond donors (Lipinski definition) is 0. The lowest BCUT2D eigenvalue weighted by Crippen LogP contribution is -2.43. The zero-order valence-corrected chi connectivity index (χ0v) is 15.2. The van der Waals surface area contributed by atoms with E-state index in [-0.39, 0.29) is 5.92 Å². The van der Waals surface area contributed by atoms with Crippen LogP contribution in [0.2, 0.25) is 0 Å². The van der Waals surface area contributed by atoms with Crippen molar-refractivity contribution in [3.63, 3.8) is 0 Å². The minimum absolute atomic E-state index is 0.0371. The van der Waals surface area contributed by atoms with Crippen LogP contribution in [0.4, 0.5) is 0 Å². The lowest BCUT2D eigenvalue weighted by atomic mass is 9.78. The molecule has 3 aromatic rings. The molecule has 27 heavy (non-hydrogen) atoms. The summed E-state index contributed by atoms with van der Waals surface area (Å²) in [5.74, 6) is -1.38. The molecular formula is C23H20O4. The van der Waals surface area contributed by atoms with Crippen LogP contribution < -0.4 is 4.74 Å². The molecule has 0 radical (unpaired) electrons. The van der Waals surface area contributed by atoms with E-state index < -0.39 is 11.6 Å². The van der Waals surface area contributed by atoms with Crippen LogP contribution in [0, 0.1) is 0 Å².